The van der Waals surface area contributed by atoms with E-state index in [1.54, 1.807) is 12.3 Å². The molecule has 0 saturated heterocycles. The Kier molecular flexibility index (Phi) is 4.89. The first-order valence-electron chi connectivity index (χ1n) is 5.01. The predicted octanol–water partition coefficient (Wildman–Crippen LogP) is 1.39. The topological polar surface area (TPSA) is 49.3 Å². The minimum atomic E-state index is -0.853. The minimum absolute atomic E-state index is 0.0713. The Labute approximate surface area is 97.1 Å². The standard InChI is InChI=1S/C11H16FNO2S/c1-8(16(2)15)6-13-7-9-3-4-11(14)10(12)5-9/h3-5,8,13-14H,6-7H2,1-2H3. The number of phenolic OH excluding ortho intramolecular Hbond substituents is 1. The Hall–Kier alpha value is -0.940. The molecular weight excluding hydrogens is 229 g/mol. The van der Waals surface area contributed by atoms with Crippen LogP contribution in [0.5, 0.6) is 5.75 Å². The van der Waals surface area contributed by atoms with Crippen molar-refractivity contribution in [3.63, 3.8) is 0 Å². The van der Waals surface area contributed by atoms with Gasteiger partial charge in [-0.25, -0.2) is 4.39 Å². The van der Waals surface area contributed by atoms with Crippen molar-refractivity contribution < 1.29 is 13.7 Å². The summed E-state index contributed by atoms with van der Waals surface area (Å²) in [5.41, 5.74) is 0.754. The molecule has 0 aromatic heterocycles. The van der Waals surface area contributed by atoms with Gasteiger partial charge in [-0.2, -0.15) is 0 Å². The quantitative estimate of drug-likeness (QED) is 0.824. The zero-order chi connectivity index (χ0) is 12.1. The van der Waals surface area contributed by atoms with Crippen LogP contribution in [0.3, 0.4) is 0 Å². The van der Waals surface area contributed by atoms with Crippen LogP contribution in [-0.2, 0) is 17.3 Å². The summed E-state index contributed by atoms with van der Waals surface area (Å²) in [5, 5.41) is 12.2. The number of halogens is 1. The first kappa shape index (κ1) is 13.1. The molecule has 0 fully saturated rings. The summed E-state index contributed by atoms with van der Waals surface area (Å²) in [6.07, 6.45) is 1.66. The van der Waals surface area contributed by atoms with Crippen LogP contribution in [0.25, 0.3) is 0 Å². The summed E-state index contributed by atoms with van der Waals surface area (Å²) >= 11 is 0. The fourth-order valence-corrected chi connectivity index (χ4v) is 1.55. The van der Waals surface area contributed by atoms with Crippen molar-refractivity contribution >= 4 is 10.8 Å². The largest absolute Gasteiger partial charge is 0.505 e. The molecule has 0 bridgehead atoms. The minimum Gasteiger partial charge on any atom is -0.505 e. The molecule has 0 aliphatic rings. The van der Waals surface area contributed by atoms with Crippen molar-refractivity contribution in [2.75, 3.05) is 12.8 Å². The van der Waals surface area contributed by atoms with Crippen LogP contribution in [0.4, 0.5) is 4.39 Å². The van der Waals surface area contributed by atoms with Crippen LogP contribution in [-0.4, -0.2) is 27.4 Å². The number of rotatable bonds is 5. The number of benzene rings is 1. The van der Waals surface area contributed by atoms with E-state index < -0.39 is 16.6 Å². The van der Waals surface area contributed by atoms with E-state index >= 15 is 0 Å². The first-order valence-corrected chi connectivity index (χ1v) is 6.63. The maximum atomic E-state index is 13.0. The monoisotopic (exact) mass is 245 g/mol. The second-order valence-corrected chi connectivity index (χ2v) is 5.53. The molecule has 0 heterocycles. The van der Waals surface area contributed by atoms with Crippen LogP contribution in [0.15, 0.2) is 18.2 Å². The van der Waals surface area contributed by atoms with Gasteiger partial charge >= 0.3 is 0 Å². The third kappa shape index (κ3) is 3.90. The molecule has 0 saturated carbocycles. The molecule has 0 amide bonds. The van der Waals surface area contributed by atoms with E-state index in [0.717, 1.165) is 5.56 Å². The molecule has 0 aliphatic heterocycles. The normalized spacial score (nSPS) is 14.7. The van der Waals surface area contributed by atoms with Gasteiger partial charge in [0.25, 0.3) is 0 Å². The average Bonchev–Trinajstić information content (AvgIpc) is 2.23. The van der Waals surface area contributed by atoms with Crippen LogP contribution >= 0.6 is 0 Å². The third-order valence-corrected chi connectivity index (χ3v) is 3.64. The van der Waals surface area contributed by atoms with Gasteiger partial charge in [-0.1, -0.05) is 6.07 Å². The molecule has 3 nitrogen and oxygen atoms in total. The zero-order valence-electron chi connectivity index (χ0n) is 9.37. The van der Waals surface area contributed by atoms with Crippen molar-refractivity contribution in [2.24, 2.45) is 0 Å². The van der Waals surface area contributed by atoms with Gasteiger partial charge in [-0.15, -0.1) is 0 Å². The lowest BCUT2D eigenvalue weighted by Crippen LogP contribution is -2.27. The molecule has 0 radical (unpaired) electrons. The Morgan fingerprint density at radius 3 is 2.81 bits per heavy atom. The van der Waals surface area contributed by atoms with E-state index in [-0.39, 0.29) is 11.0 Å². The first-order chi connectivity index (χ1) is 7.50. The molecule has 16 heavy (non-hydrogen) atoms. The van der Waals surface area contributed by atoms with Crippen molar-refractivity contribution in [3.8, 4) is 5.75 Å². The van der Waals surface area contributed by atoms with Crippen molar-refractivity contribution in [1.82, 2.24) is 5.32 Å². The molecule has 1 rings (SSSR count). The van der Waals surface area contributed by atoms with E-state index in [1.165, 1.54) is 12.1 Å². The van der Waals surface area contributed by atoms with Crippen LogP contribution in [0.1, 0.15) is 12.5 Å². The molecule has 0 spiro atoms. The Bertz CT molecular complexity index is 384. The van der Waals surface area contributed by atoms with E-state index in [2.05, 4.69) is 5.32 Å². The molecule has 5 heteroatoms. The molecule has 1 aromatic rings. The summed E-state index contributed by atoms with van der Waals surface area (Å²) < 4.78 is 24.0. The van der Waals surface area contributed by atoms with E-state index in [1.807, 2.05) is 6.92 Å². The molecule has 1 aromatic carbocycles. The van der Waals surface area contributed by atoms with Crippen molar-refractivity contribution in [2.45, 2.75) is 18.7 Å². The highest BCUT2D eigenvalue weighted by molar-refractivity contribution is 7.84. The fourth-order valence-electron chi connectivity index (χ4n) is 1.20. The highest BCUT2D eigenvalue weighted by Gasteiger charge is 2.06. The molecule has 2 atom stereocenters. The van der Waals surface area contributed by atoms with Crippen LogP contribution < -0.4 is 5.32 Å². The van der Waals surface area contributed by atoms with Crippen molar-refractivity contribution in [1.29, 1.82) is 0 Å². The second-order valence-electron chi connectivity index (χ2n) is 3.73. The van der Waals surface area contributed by atoms with E-state index in [9.17, 15) is 8.60 Å². The van der Waals surface area contributed by atoms with Gasteiger partial charge < -0.3 is 10.4 Å². The maximum absolute atomic E-state index is 13.0. The van der Waals surface area contributed by atoms with E-state index in [4.69, 9.17) is 5.11 Å². The van der Waals surface area contributed by atoms with Gasteiger partial charge in [-0.05, 0) is 24.6 Å². The fraction of sp³-hybridized carbons (Fsp3) is 0.455. The predicted molar refractivity (Wildman–Crippen MR) is 63.3 cm³/mol. The van der Waals surface area contributed by atoms with Crippen LogP contribution in [0, 0.1) is 5.82 Å². The average molecular weight is 245 g/mol. The van der Waals surface area contributed by atoms with Gasteiger partial charge in [-0.3, -0.25) is 4.21 Å². The Balaban J connectivity index is 2.43. The molecule has 0 aliphatic carbocycles. The number of aromatic hydroxyl groups is 1. The summed E-state index contributed by atoms with van der Waals surface area (Å²) in [6, 6.07) is 4.27. The maximum Gasteiger partial charge on any atom is 0.165 e. The van der Waals surface area contributed by atoms with Crippen molar-refractivity contribution in [3.05, 3.63) is 29.6 Å². The number of nitrogens with one attached hydrogen (secondary N) is 1. The molecule has 2 unspecified atom stereocenters. The number of phenols is 1. The second kappa shape index (κ2) is 5.96. The lowest BCUT2D eigenvalue weighted by atomic mass is 10.2. The molecule has 2 N–H and O–H groups in total. The van der Waals surface area contributed by atoms with Gasteiger partial charge in [0.05, 0.1) is 0 Å². The SMILES string of the molecule is CC(CNCc1ccc(O)c(F)c1)S(C)=O. The summed E-state index contributed by atoms with van der Waals surface area (Å²) in [4.78, 5) is 0. The zero-order valence-corrected chi connectivity index (χ0v) is 10.2. The summed E-state index contributed by atoms with van der Waals surface area (Å²) in [7, 11) is -0.853. The van der Waals surface area contributed by atoms with Gasteiger partial charge in [0.1, 0.15) is 0 Å². The summed E-state index contributed by atoms with van der Waals surface area (Å²) in [5.74, 6) is -0.960. The highest BCUT2D eigenvalue weighted by Crippen LogP contribution is 2.15. The number of hydrogen-bond donors (Lipinski definition) is 2. The lowest BCUT2D eigenvalue weighted by Gasteiger charge is -2.10. The van der Waals surface area contributed by atoms with Crippen LogP contribution in [0.2, 0.25) is 0 Å². The summed E-state index contributed by atoms with van der Waals surface area (Å²) in [6.45, 7) is 3.00. The van der Waals surface area contributed by atoms with Gasteiger partial charge in [0, 0.05) is 35.4 Å². The number of hydrogen-bond acceptors (Lipinski definition) is 3. The van der Waals surface area contributed by atoms with E-state index in [0.29, 0.717) is 13.1 Å². The lowest BCUT2D eigenvalue weighted by molar-refractivity contribution is 0.431. The Morgan fingerprint density at radius 2 is 2.25 bits per heavy atom. The molecule has 90 valence electrons. The van der Waals surface area contributed by atoms with Gasteiger partial charge in [0.15, 0.2) is 11.6 Å². The third-order valence-electron chi connectivity index (χ3n) is 2.34. The highest BCUT2D eigenvalue weighted by atomic mass is 32.2. The smallest absolute Gasteiger partial charge is 0.165 e. The Morgan fingerprint density at radius 1 is 1.56 bits per heavy atom. The van der Waals surface area contributed by atoms with Gasteiger partial charge in [0.2, 0.25) is 0 Å². The molecular formula is C11H16FNO2S.